The van der Waals surface area contributed by atoms with Crippen LogP contribution < -0.4 is 21.5 Å². The summed E-state index contributed by atoms with van der Waals surface area (Å²) in [6.45, 7) is 3.83. The molecule has 2 rings (SSSR count). The minimum Gasteiger partial charge on any atom is -0.351 e. The van der Waals surface area contributed by atoms with Crippen molar-refractivity contribution in [2.45, 2.75) is 25.8 Å². The van der Waals surface area contributed by atoms with E-state index in [2.05, 4.69) is 30.6 Å². The first-order valence-corrected chi connectivity index (χ1v) is 8.35. The number of hydrogen-bond acceptors (Lipinski definition) is 8. The van der Waals surface area contributed by atoms with Crippen molar-refractivity contribution in [2.75, 3.05) is 40.7 Å². The van der Waals surface area contributed by atoms with E-state index in [1.54, 1.807) is 6.26 Å². The van der Waals surface area contributed by atoms with E-state index in [0.717, 1.165) is 25.9 Å². The van der Waals surface area contributed by atoms with Crippen LogP contribution in [0.15, 0.2) is 0 Å². The van der Waals surface area contributed by atoms with Crippen molar-refractivity contribution in [3.05, 3.63) is 0 Å². The predicted molar refractivity (Wildman–Crippen MR) is 81.1 cm³/mol. The third-order valence-corrected chi connectivity index (χ3v) is 3.97. The molecule has 9 heteroatoms. The topological polar surface area (TPSA) is 109 Å². The summed E-state index contributed by atoms with van der Waals surface area (Å²) < 4.78 is 11.2. The van der Waals surface area contributed by atoms with Gasteiger partial charge in [-0.25, -0.2) is 5.84 Å². The Morgan fingerprint density at radius 2 is 1.95 bits per heavy atom. The Bertz CT molecular complexity index is 478. The Hall–Kier alpha value is -1.48. The van der Waals surface area contributed by atoms with Gasteiger partial charge in [-0.15, -0.1) is 0 Å². The molecule has 4 N–H and O–H groups in total. The summed E-state index contributed by atoms with van der Waals surface area (Å²) in [7, 11) is -0.868. The number of hydrogen-bond donors (Lipinski definition) is 3. The standard InChI is InChI=1S/C11H21N7OS/c1-8(7-20(2)19)13-9-14-10(17-12)16-11(15-9)18-5-3-4-6-18/h8H,3-7,12H2,1-2H3,(H2,13,14,15,16,17). The summed E-state index contributed by atoms with van der Waals surface area (Å²) in [5.74, 6) is 7.34. The van der Waals surface area contributed by atoms with Crippen molar-refractivity contribution in [3.63, 3.8) is 0 Å². The highest BCUT2D eigenvalue weighted by Crippen LogP contribution is 2.18. The molecule has 0 aromatic carbocycles. The first-order valence-electron chi connectivity index (χ1n) is 6.62. The van der Waals surface area contributed by atoms with Crippen LogP contribution in [0, 0.1) is 0 Å². The smallest absolute Gasteiger partial charge is 0.243 e. The summed E-state index contributed by atoms with van der Waals surface area (Å²) in [6, 6.07) is 0.0142. The van der Waals surface area contributed by atoms with E-state index in [1.807, 2.05) is 6.92 Å². The van der Waals surface area contributed by atoms with Crippen LogP contribution in [-0.4, -0.2) is 50.3 Å². The normalized spacial score (nSPS) is 17.9. The van der Waals surface area contributed by atoms with Gasteiger partial charge in [-0.05, 0) is 19.8 Å². The number of rotatable bonds is 6. The first kappa shape index (κ1) is 14.9. The SMILES string of the molecule is CC(CS(C)=O)Nc1nc(NN)nc(N2CCCC2)n1. The molecule has 1 aromatic rings. The molecular weight excluding hydrogens is 278 g/mol. The van der Waals surface area contributed by atoms with Crippen molar-refractivity contribution >= 4 is 28.6 Å². The van der Waals surface area contributed by atoms with Crippen LogP contribution >= 0.6 is 0 Å². The van der Waals surface area contributed by atoms with Crippen molar-refractivity contribution in [1.29, 1.82) is 0 Å². The highest BCUT2D eigenvalue weighted by Gasteiger charge is 2.18. The van der Waals surface area contributed by atoms with Gasteiger partial charge >= 0.3 is 0 Å². The lowest BCUT2D eigenvalue weighted by molar-refractivity contribution is 0.682. The zero-order chi connectivity index (χ0) is 14.5. The molecule has 0 amide bonds. The Morgan fingerprint density at radius 1 is 1.30 bits per heavy atom. The van der Waals surface area contributed by atoms with Gasteiger partial charge in [-0.1, -0.05) is 0 Å². The van der Waals surface area contributed by atoms with Gasteiger partial charge in [-0.3, -0.25) is 9.63 Å². The molecule has 1 aromatic heterocycles. The third kappa shape index (κ3) is 4.01. The van der Waals surface area contributed by atoms with E-state index in [1.165, 1.54) is 0 Å². The fourth-order valence-corrected chi connectivity index (χ4v) is 2.95. The maximum absolute atomic E-state index is 11.2. The molecule has 2 atom stereocenters. The molecule has 0 saturated carbocycles. The molecule has 1 saturated heterocycles. The molecule has 1 fully saturated rings. The van der Waals surface area contributed by atoms with Crippen molar-refractivity contribution in [1.82, 2.24) is 15.0 Å². The minimum atomic E-state index is -0.868. The maximum Gasteiger partial charge on any atom is 0.243 e. The van der Waals surface area contributed by atoms with Crippen LogP contribution in [-0.2, 0) is 10.8 Å². The summed E-state index contributed by atoms with van der Waals surface area (Å²) in [6.07, 6.45) is 3.96. The molecule has 2 unspecified atom stereocenters. The zero-order valence-electron chi connectivity index (χ0n) is 11.8. The van der Waals surface area contributed by atoms with Gasteiger partial charge in [0.2, 0.25) is 17.8 Å². The fourth-order valence-electron chi connectivity index (χ4n) is 2.17. The van der Waals surface area contributed by atoms with Gasteiger partial charge in [0.25, 0.3) is 0 Å². The molecule has 0 bridgehead atoms. The third-order valence-electron chi connectivity index (χ3n) is 3.00. The van der Waals surface area contributed by atoms with Crippen LogP contribution in [0.3, 0.4) is 0 Å². The lowest BCUT2D eigenvalue weighted by atomic mass is 10.4. The van der Waals surface area contributed by atoms with Gasteiger partial charge in [0.05, 0.1) is 0 Å². The summed E-state index contributed by atoms with van der Waals surface area (Å²) in [5, 5.41) is 3.13. The molecule has 0 aliphatic carbocycles. The van der Waals surface area contributed by atoms with E-state index >= 15 is 0 Å². The second-order valence-corrected chi connectivity index (χ2v) is 6.39. The molecule has 112 valence electrons. The monoisotopic (exact) mass is 299 g/mol. The van der Waals surface area contributed by atoms with E-state index in [-0.39, 0.29) is 6.04 Å². The van der Waals surface area contributed by atoms with Crippen molar-refractivity contribution in [2.24, 2.45) is 5.84 Å². The maximum atomic E-state index is 11.2. The predicted octanol–water partition coefficient (Wildman–Crippen LogP) is -0.0637. The second kappa shape index (κ2) is 6.80. The van der Waals surface area contributed by atoms with E-state index < -0.39 is 10.8 Å². The molecule has 1 aliphatic rings. The highest BCUT2D eigenvalue weighted by atomic mass is 32.2. The van der Waals surface area contributed by atoms with E-state index in [4.69, 9.17) is 5.84 Å². The Balaban J connectivity index is 2.14. The molecule has 8 nitrogen and oxygen atoms in total. The second-order valence-electron chi connectivity index (χ2n) is 4.91. The first-order chi connectivity index (χ1) is 9.58. The average molecular weight is 299 g/mol. The Kier molecular flexibility index (Phi) is 5.07. The molecule has 0 radical (unpaired) electrons. The Morgan fingerprint density at radius 3 is 2.55 bits per heavy atom. The van der Waals surface area contributed by atoms with Gasteiger partial charge in [0.15, 0.2) is 0 Å². The van der Waals surface area contributed by atoms with Gasteiger partial charge in [0, 0.05) is 41.9 Å². The molecule has 0 spiro atoms. The van der Waals surface area contributed by atoms with E-state index in [9.17, 15) is 4.21 Å². The van der Waals surface area contributed by atoms with E-state index in [0.29, 0.717) is 23.6 Å². The number of nitrogens with zero attached hydrogens (tertiary/aromatic N) is 4. The van der Waals surface area contributed by atoms with Crippen molar-refractivity contribution < 1.29 is 4.21 Å². The quantitative estimate of drug-likeness (QED) is 0.495. The summed E-state index contributed by atoms with van der Waals surface area (Å²) in [5.41, 5.74) is 2.46. The summed E-state index contributed by atoms with van der Waals surface area (Å²) >= 11 is 0. The number of nitrogen functional groups attached to an aromatic ring is 1. The van der Waals surface area contributed by atoms with Crippen molar-refractivity contribution in [3.8, 4) is 0 Å². The highest BCUT2D eigenvalue weighted by molar-refractivity contribution is 7.84. The van der Waals surface area contributed by atoms with Crippen LogP contribution in [0.25, 0.3) is 0 Å². The lowest BCUT2D eigenvalue weighted by Gasteiger charge is -2.18. The zero-order valence-corrected chi connectivity index (χ0v) is 12.6. The van der Waals surface area contributed by atoms with Gasteiger partial charge in [-0.2, -0.15) is 15.0 Å². The number of aromatic nitrogens is 3. The number of anilines is 3. The summed E-state index contributed by atoms with van der Waals surface area (Å²) in [4.78, 5) is 15.0. The van der Waals surface area contributed by atoms with Crippen LogP contribution in [0.5, 0.6) is 0 Å². The number of hydrazine groups is 1. The molecule has 20 heavy (non-hydrogen) atoms. The van der Waals surface area contributed by atoms with Crippen LogP contribution in [0.2, 0.25) is 0 Å². The molecule has 1 aliphatic heterocycles. The fraction of sp³-hybridized carbons (Fsp3) is 0.727. The van der Waals surface area contributed by atoms with Crippen LogP contribution in [0.1, 0.15) is 19.8 Å². The largest absolute Gasteiger partial charge is 0.351 e. The molecular formula is C11H21N7OS. The number of nitrogens with two attached hydrogens (primary N) is 1. The van der Waals surface area contributed by atoms with Gasteiger partial charge < -0.3 is 10.2 Å². The lowest BCUT2D eigenvalue weighted by Crippen LogP contribution is -2.27. The molecule has 2 heterocycles. The minimum absolute atomic E-state index is 0.0142. The Labute approximate surface area is 121 Å². The van der Waals surface area contributed by atoms with Gasteiger partial charge in [0.1, 0.15) is 0 Å². The number of nitrogens with one attached hydrogen (secondary N) is 2. The van der Waals surface area contributed by atoms with Crippen LogP contribution in [0.4, 0.5) is 17.8 Å². The average Bonchev–Trinajstić information content (AvgIpc) is 2.91.